The predicted octanol–water partition coefficient (Wildman–Crippen LogP) is 4.64. The van der Waals surface area contributed by atoms with E-state index in [2.05, 4.69) is 5.32 Å². The van der Waals surface area contributed by atoms with Gasteiger partial charge in [-0.05, 0) is 60.9 Å². The minimum Gasteiger partial charge on any atom is -0.451 e. The van der Waals surface area contributed by atoms with Crippen LogP contribution < -0.4 is 15.6 Å². The van der Waals surface area contributed by atoms with Crippen molar-refractivity contribution in [2.75, 3.05) is 16.8 Å². The molecule has 3 aromatic carbocycles. The van der Waals surface area contributed by atoms with Gasteiger partial charge in [-0.1, -0.05) is 30.3 Å². The normalized spacial score (nSPS) is 12.9. The molecule has 0 unspecified atom stereocenters. The van der Waals surface area contributed by atoms with Crippen LogP contribution >= 0.6 is 0 Å². The number of anilines is 2. The lowest BCUT2D eigenvalue weighted by atomic mass is 10.00. The van der Waals surface area contributed by atoms with Crippen molar-refractivity contribution in [2.45, 2.75) is 12.8 Å². The summed E-state index contributed by atoms with van der Waals surface area (Å²) in [5, 5.41) is 3.23. The first-order valence-corrected chi connectivity index (χ1v) is 10.4. The number of hydrogen-bond donors (Lipinski definition) is 1. The third-order valence-electron chi connectivity index (χ3n) is 5.58. The van der Waals surface area contributed by atoms with E-state index in [1.807, 2.05) is 42.5 Å². The van der Waals surface area contributed by atoms with Gasteiger partial charge < -0.3 is 14.6 Å². The monoisotopic (exact) mass is 424 g/mol. The molecule has 2 amide bonds. The van der Waals surface area contributed by atoms with Crippen LogP contribution in [0.4, 0.5) is 11.4 Å². The van der Waals surface area contributed by atoms with Gasteiger partial charge >= 0.3 is 0 Å². The van der Waals surface area contributed by atoms with Crippen molar-refractivity contribution in [3.8, 4) is 0 Å². The maximum Gasteiger partial charge on any atom is 0.291 e. The molecule has 6 nitrogen and oxygen atoms in total. The second kappa shape index (κ2) is 8.15. The average molecular weight is 424 g/mol. The SMILES string of the molecule is O=C(Nc1ccc2c(c1)CCCN2C(=O)c1ccccc1)c1cc(=O)c2ccccc2o1. The van der Waals surface area contributed by atoms with Crippen molar-refractivity contribution in [1.29, 1.82) is 0 Å². The highest BCUT2D eigenvalue weighted by molar-refractivity contribution is 6.07. The van der Waals surface area contributed by atoms with E-state index in [4.69, 9.17) is 4.42 Å². The zero-order chi connectivity index (χ0) is 22.1. The van der Waals surface area contributed by atoms with Gasteiger partial charge in [0.2, 0.25) is 0 Å². The average Bonchev–Trinajstić information content (AvgIpc) is 2.83. The smallest absolute Gasteiger partial charge is 0.291 e. The van der Waals surface area contributed by atoms with E-state index in [0.717, 1.165) is 24.1 Å². The molecule has 0 bridgehead atoms. The molecule has 1 aromatic heterocycles. The largest absolute Gasteiger partial charge is 0.451 e. The third kappa shape index (κ3) is 3.67. The first-order chi connectivity index (χ1) is 15.6. The number of carbonyl (C=O) groups excluding carboxylic acids is 2. The number of hydrogen-bond acceptors (Lipinski definition) is 4. The summed E-state index contributed by atoms with van der Waals surface area (Å²) in [5.74, 6) is -0.589. The summed E-state index contributed by atoms with van der Waals surface area (Å²) in [6.07, 6.45) is 1.64. The van der Waals surface area contributed by atoms with Gasteiger partial charge in [0.15, 0.2) is 11.2 Å². The second-order valence-electron chi connectivity index (χ2n) is 7.70. The predicted molar refractivity (Wildman–Crippen MR) is 123 cm³/mol. The van der Waals surface area contributed by atoms with E-state index in [-0.39, 0.29) is 17.1 Å². The summed E-state index contributed by atoms with van der Waals surface area (Å²) in [5.41, 5.74) is 3.16. The molecule has 0 atom stereocenters. The Kier molecular flexibility index (Phi) is 5.03. The number of para-hydroxylation sites is 1. The van der Waals surface area contributed by atoms with E-state index in [1.165, 1.54) is 6.07 Å². The lowest BCUT2D eigenvalue weighted by molar-refractivity contribution is 0.0981. The Morgan fingerprint density at radius 2 is 1.69 bits per heavy atom. The Labute approximate surface area is 184 Å². The Bertz CT molecular complexity index is 1390. The minimum atomic E-state index is -0.499. The van der Waals surface area contributed by atoms with Crippen LogP contribution in [0.3, 0.4) is 0 Å². The third-order valence-corrected chi connectivity index (χ3v) is 5.58. The first-order valence-electron chi connectivity index (χ1n) is 10.4. The number of fused-ring (bicyclic) bond motifs is 2. The van der Waals surface area contributed by atoms with Gasteiger partial charge in [-0.2, -0.15) is 0 Å². The molecule has 0 spiro atoms. The van der Waals surface area contributed by atoms with E-state index in [1.54, 1.807) is 35.2 Å². The van der Waals surface area contributed by atoms with Gasteiger partial charge in [0.1, 0.15) is 5.58 Å². The van der Waals surface area contributed by atoms with Crippen molar-refractivity contribution in [2.24, 2.45) is 0 Å². The summed E-state index contributed by atoms with van der Waals surface area (Å²) in [4.78, 5) is 39.8. The Morgan fingerprint density at radius 1 is 0.906 bits per heavy atom. The molecule has 0 fully saturated rings. The standard InChI is InChI=1S/C26H20N2O4/c29-22-16-24(32-23-11-5-4-10-20(22)23)25(30)27-19-12-13-21-18(15-19)9-6-14-28(21)26(31)17-7-2-1-3-8-17/h1-5,7-8,10-13,15-16H,6,9,14H2,(H,27,30). The van der Waals surface area contributed by atoms with Gasteiger partial charge in [0, 0.05) is 29.5 Å². The van der Waals surface area contributed by atoms with Crippen LogP contribution in [0.5, 0.6) is 0 Å². The first kappa shape index (κ1) is 19.8. The second-order valence-corrected chi connectivity index (χ2v) is 7.70. The lowest BCUT2D eigenvalue weighted by Crippen LogP contribution is -2.35. The number of nitrogens with one attached hydrogen (secondary N) is 1. The van der Waals surface area contributed by atoms with E-state index in [0.29, 0.717) is 28.8 Å². The van der Waals surface area contributed by atoms with Crippen LogP contribution in [0, 0.1) is 0 Å². The molecule has 4 aromatic rings. The van der Waals surface area contributed by atoms with E-state index in [9.17, 15) is 14.4 Å². The summed E-state index contributed by atoms with van der Waals surface area (Å²) < 4.78 is 5.62. The van der Waals surface area contributed by atoms with Crippen LogP contribution in [0.25, 0.3) is 11.0 Å². The topological polar surface area (TPSA) is 79.6 Å². The number of carbonyl (C=O) groups is 2. The van der Waals surface area contributed by atoms with Gasteiger partial charge in [0.05, 0.1) is 5.39 Å². The Balaban J connectivity index is 1.40. The summed E-state index contributed by atoms with van der Waals surface area (Å²) >= 11 is 0. The minimum absolute atomic E-state index is 0.0405. The van der Waals surface area contributed by atoms with Crippen LogP contribution in [0.2, 0.25) is 0 Å². The molecular weight excluding hydrogens is 404 g/mol. The maximum atomic E-state index is 13.0. The highest BCUT2D eigenvalue weighted by atomic mass is 16.3. The highest BCUT2D eigenvalue weighted by Gasteiger charge is 2.24. The van der Waals surface area contributed by atoms with Gasteiger partial charge in [-0.15, -0.1) is 0 Å². The molecule has 6 heteroatoms. The molecular formula is C26H20N2O4. The molecule has 158 valence electrons. The fourth-order valence-corrected chi connectivity index (χ4v) is 4.03. The molecule has 0 radical (unpaired) electrons. The molecule has 5 rings (SSSR count). The summed E-state index contributed by atoms with van der Waals surface area (Å²) in [7, 11) is 0. The number of nitrogens with zero attached hydrogens (tertiary/aromatic N) is 1. The van der Waals surface area contributed by atoms with E-state index >= 15 is 0 Å². The number of rotatable bonds is 3. The van der Waals surface area contributed by atoms with Crippen molar-refractivity contribution < 1.29 is 14.0 Å². The number of benzene rings is 3. The molecule has 2 heterocycles. The van der Waals surface area contributed by atoms with Crippen molar-refractivity contribution in [3.63, 3.8) is 0 Å². The fraction of sp³-hybridized carbons (Fsp3) is 0.115. The lowest BCUT2D eigenvalue weighted by Gasteiger charge is -2.30. The van der Waals surface area contributed by atoms with Gasteiger partial charge in [-0.25, -0.2) is 0 Å². The zero-order valence-electron chi connectivity index (χ0n) is 17.2. The Hall–Kier alpha value is -4.19. The quantitative estimate of drug-likeness (QED) is 0.520. The molecule has 32 heavy (non-hydrogen) atoms. The summed E-state index contributed by atoms with van der Waals surface area (Å²) in [6.45, 7) is 0.647. The molecule has 0 aliphatic carbocycles. The van der Waals surface area contributed by atoms with E-state index < -0.39 is 5.91 Å². The van der Waals surface area contributed by atoms with Crippen molar-refractivity contribution in [1.82, 2.24) is 0 Å². The van der Waals surface area contributed by atoms with Crippen LogP contribution in [0.15, 0.2) is 88.1 Å². The zero-order valence-corrected chi connectivity index (χ0v) is 17.2. The maximum absolute atomic E-state index is 13.0. The molecule has 0 saturated carbocycles. The number of aryl methyl sites for hydroxylation is 1. The van der Waals surface area contributed by atoms with Crippen LogP contribution in [0.1, 0.15) is 32.9 Å². The van der Waals surface area contributed by atoms with Crippen LogP contribution in [-0.2, 0) is 6.42 Å². The van der Waals surface area contributed by atoms with Gasteiger partial charge in [-0.3, -0.25) is 14.4 Å². The van der Waals surface area contributed by atoms with Crippen molar-refractivity contribution >= 4 is 34.2 Å². The molecule has 1 aliphatic heterocycles. The molecule has 1 N–H and O–H groups in total. The highest BCUT2D eigenvalue weighted by Crippen LogP contribution is 2.31. The van der Waals surface area contributed by atoms with Crippen molar-refractivity contribution in [3.05, 3.63) is 106 Å². The van der Waals surface area contributed by atoms with Gasteiger partial charge in [0.25, 0.3) is 11.8 Å². The molecule has 1 aliphatic rings. The summed E-state index contributed by atoms with van der Waals surface area (Å²) in [6, 6.07) is 22.7. The molecule has 0 saturated heterocycles. The van der Waals surface area contributed by atoms with Crippen LogP contribution in [-0.4, -0.2) is 18.4 Å². The number of amides is 2. The fourth-order valence-electron chi connectivity index (χ4n) is 4.03. The Morgan fingerprint density at radius 3 is 2.53 bits per heavy atom.